The zero-order valence-electron chi connectivity index (χ0n) is 33.8. The number of carbonyl (C=O) groups is 1. The number of carbonyl (C=O) groups excluding carboxylic acids is 1. The summed E-state index contributed by atoms with van der Waals surface area (Å²) in [6.07, 6.45) is 10.7. The first kappa shape index (κ1) is 39.9. The van der Waals surface area contributed by atoms with E-state index in [9.17, 15) is 23.3 Å². The largest absolute Gasteiger partial charge is 0.455 e. The van der Waals surface area contributed by atoms with E-state index in [4.69, 9.17) is 9.47 Å². The van der Waals surface area contributed by atoms with Crippen LogP contribution in [0.15, 0.2) is 84.3 Å². The van der Waals surface area contributed by atoms with Gasteiger partial charge in [-0.25, -0.2) is 14.7 Å². The first-order valence-electron chi connectivity index (χ1n) is 20.8. The van der Waals surface area contributed by atoms with Gasteiger partial charge in [0.1, 0.15) is 22.8 Å². The molecule has 15 nitrogen and oxygen atoms in total. The number of aromatic nitrogens is 3. The first-order chi connectivity index (χ1) is 28.9. The molecule has 0 radical (unpaired) electrons. The lowest BCUT2D eigenvalue weighted by Crippen LogP contribution is -2.66. The monoisotopic (exact) mass is 834 g/mol. The molecule has 314 valence electrons. The molecule has 3 aliphatic heterocycles. The van der Waals surface area contributed by atoms with Gasteiger partial charge in [0.15, 0.2) is 5.03 Å². The maximum Gasteiger partial charge on any atom is 0.296 e. The highest BCUT2D eigenvalue weighted by molar-refractivity contribution is 7.90. The number of nitrogens with one attached hydrogen (secondary N) is 3. The summed E-state index contributed by atoms with van der Waals surface area (Å²) in [6, 6.07) is 19.5. The average Bonchev–Trinajstić information content (AvgIpc) is 3.89. The van der Waals surface area contributed by atoms with Gasteiger partial charge in [-0.05, 0) is 92.3 Å². The highest BCUT2D eigenvalue weighted by atomic mass is 32.2. The number of ether oxygens (including phenoxy) is 2. The Kier molecular flexibility index (Phi) is 10.7. The molecular formula is C44H50N8O7S. The Balaban J connectivity index is 0.912. The number of nitrogens with zero attached hydrogens (tertiary/aromatic N) is 5. The molecule has 0 bridgehead atoms. The minimum Gasteiger partial charge on any atom is -0.455 e. The maximum atomic E-state index is 13.9. The molecule has 1 amide bonds. The summed E-state index contributed by atoms with van der Waals surface area (Å²) in [6.45, 7) is 9.08. The van der Waals surface area contributed by atoms with Crippen LogP contribution >= 0.6 is 0 Å². The zero-order chi connectivity index (χ0) is 41.6. The number of hydrogen-bond donors (Lipinski definition) is 3. The van der Waals surface area contributed by atoms with Crippen molar-refractivity contribution in [1.82, 2.24) is 24.6 Å². The van der Waals surface area contributed by atoms with E-state index < -0.39 is 31.6 Å². The van der Waals surface area contributed by atoms with Crippen LogP contribution in [0.4, 0.5) is 17.1 Å². The summed E-state index contributed by atoms with van der Waals surface area (Å²) in [7, 11) is -4.64. The molecule has 4 fully saturated rings. The number of likely N-dealkylation sites (tertiary alicyclic amines) is 1. The van der Waals surface area contributed by atoms with E-state index in [1.54, 1.807) is 30.5 Å². The molecule has 4 aliphatic rings. The standard InChI is InChI=1S/C44H50N8O7S/c1-28(2)34-6-3-4-7-35(34)38-8-5-15-51(38)32-21-44(22-32)26-50(27-44)31-9-10-36(40(19-31)59-33-18-30-11-14-45-42(30)48-24-33)43(53)49-60(56,57)41-20-39(52(54)55)37(25-47-41)46-23-29-12-16-58-17-13-29/h3-4,6-7,9-11,14,18-20,24-25,28-29,32,38,46H,5,8,12-13,15-17,21-23,26-27H2,1-2H3,(H,45,48)(H,49,53). The molecule has 5 aromatic rings. The van der Waals surface area contributed by atoms with Crippen LogP contribution in [-0.2, 0) is 14.8 Å². The molecule has 60 heavy (non-hydrogen) atoms. The second kappa shape index (κ2) is 16.1. The molecule has 3 aromatic heterocycles. The summed E-state index contributed by atoms with van der Waals surface area (Å²) >= 11 is 0. The Hall–Kier alpha value is -5.58. The Bertz CT molecular complexity index is 2520. The molecule has 3 saturated heterocycles. The Labute approximate surface area is 349 Å². The van der Waals surface area contributed by atoms with Gasteiger partial charge in [-0.1, -0.05) is 38.1 Å². The lowest BCUT2D eigenvalue weighted by molar-refractivity contribution is -0.384. The van der Waals surface area contributed by atoms with E-state index in [1.807, 2.05) is 6.07 Å². The number of pyridine rings is 2. The summed E-state index contributed by atoms with van der Waals surface area (Å²) in [4.78, 5) is 41.7. The number of hydrogen-bond acceptors (Lipinski definition) is 12. The third kappa shape index (κ3) is 7.90. The third-order valence-electron chi connectivity index (χ3n) is 12.8. The third-order valence-corrected chi connectivity index (χ3v) is 14.0. The lowest BCUT2D eigenvalue weighted by Gasteiger charge is -2.62. The van der Waals surface area contributed by atoms with Gasteiger partial charge in [-0.3, -0.25) is 19.8 Å². The van der Waals surface area contributed by atoms with Crippen molar-refractivity contribution in [2.24, 2.45) is 11.3 Å². The molecule has 6 heterocycles. The highest BCUT2D eigenvalue weighted by Crippen LogP contribution is 2.54. The normalized spacial score (nSPS) is 19.6. The van der Waals surface area contributed by atoms with Crippen LogP contribution in [0.25, 0.3) is 11.0 Å². The fraction of sp³-hybridized carbons (Fsp3) is 0.432. The summed E-state index contributed by atoms with van der Waals surface area (Å²) in [5.74, 6) is 0.259. The van der Waals surface area contributed by atoms with E-state index in [2.05, 4.69) is 72.9 Å². The number of H-pyrrole nitrogens is 1. The number of fused-ring (bicyclic) bond motifs is 1. The van der Waals surface area contributed by atoms with E-state index >= 15 is 0 Å². The fourth-order valence-electron chi connectivity index (χ4n) is 9.66. The summed E-state index contributed by atoms with van der Waals surface area (Å²) in [5, 5.41) is 15.2. The molecule has 1 saturated carbocycles. The topological polar surface area (TPSA) is 185 Å². The van der Waals surface area contributed by atoms with Gasteiger partial charge < -0.3 is 24.7 Å². The molecule has 1 spiro atoms. The number of anilines is 2. The minimum atomic E-state index is -4.64. The molecule has 2 aromatic carbocycles. The SMILES string of the molecule is CC(C)c1ccccc1C1CCCN1C1CC2(C1)CN(c1ccc(C(=O)NS(=O)(=O)c3cc([N+](=O)[O-])c(NCC4CCOCC4)cn3)c(Oc3cnc4[nH]ccc4c3)c1)C2. The van der Waals surface area contributed by atoms with Gasteiger partial charge in [0.25, 0.3) is 21.6 Å². The van der Waals surface area contributed by atoms with E-state index in [0.29, 0.717) is 49.2 Å². The van der Waals surface area contributed by atoms with Crippen LogP contribution in [0.3, 0.4) is 0 Å². The van der Waals surface area contributed by atoms with Gasteiger partial charge in [0.05, 0.1) is 28.9 Å². The van der Waals surface area contributed by atoms with Crippen molar-refractivity contribution < 1.29 is 27.6 Å². The smallest absolute Gasteiger partial charge is 0.296 e. The molecular weight excluding hydrogens is 785 g/mol. The molecule has 1 atom stereocenters. The Morgan fingerprint density at radius 2 is 1.85 bits per heavy atom. The van der Waals surface area contributed by atoms with Gasteiger partial charge in [-0.2, -0.15) is 8.42 Å². The summed E-state index contributed by atoms with van der Waals surface area (Å²) < 4.78 is 40.9. The zero-order valence-corrected chi connectivity index (χ0v) is 34.6. The number of nitro groups is 1. The van der Waals surface area contributed by atoms with Crippen molar-refractivity contribution in [2.45, 2.75) is 75.4 Å². The van der Waals surface area contributed by atoms with E-state index in [-0.39, 0.29) is 28.3 Å². The van der Waals surface area contributed by atoms with Crippen LogP contribution in [0, 0.1) is 21.4 Å². The number of benzene rings is 2. The lowest BCUT2D eigenvalue weighted by atomic mass is 9.60. The molecule has 1 aliphatic carbocycles. The van der Waals surface area contributed by atoms with Crippen molar-refractivity contribution >= 4 is 44.0 Å². The quantitative estimate of drug-likeness (QED) is 0.0783. The van der Waals surface area contributed by atoms with Crippen molar-refractivity contribution in [3.05, 3.63) is 106 Å². The van der Waals surface area contributed by atoms with E-state index in [0.717, 1.165) is 68.7 Å². The molecule has 3 N–H and O–H groups in total. The second-order valence-electron chi connectivity index (χ2n) is 17.1. The first-order valence-corrected chi connectivity index (χ1v) is 22.3. The van der Waals surface area contributed by atoms with Crippen molar-refractivity contribution in [3.8, 4) is 11.5 Å². The predicted octanol–water partition coefficient (Wildman–Crippen LogP) is 7.54. The van der Waals surface area contributed by atoms with Crippen LogP contribution < -0.4 is 19.7 Å². The van der Waals surface area contributed by atoms with Crippen molar-refractivity contribution in [2.75, 3.05) is 49.6 Å². The van der Waals surface area contributed by atoms with Gasteiger partial charge >= 0.3 is 0 Å². The van der Waals surface area contributed by atoms with E-state index in [1.165, 1.54) is 30.2 Å². The molecule has 1 unspecified atom stereocenters. The summed E-state index contributed by atoms with van der Waals surface area (Å²) in [5.41, 5.74) is 4.23. The number of rotatable bonds is 13. The number of sulfonamides is 1. The van der Waals surface area contributed by atoms with Gasteiger partial charge in [0.2, 0.25) is 0 Å². The predicted molar refractivity (Wildman–Crippen MR) is 227 cm³/mol. The van der Waals surface area contributed by atoms with Crippen molar-refractivity contribution in [3.63, 3.8) is 0 Å². The minimum absolute atomic E-state index is 0.0403. The fourth-order valence-corrected chi connectivity index (χ4v) is 10.6. The molecule has 9 rings (SSSR count). The molecule has 16 heteroatoms. The van der Waals surface area contributed by atoms with Crippen LogP contribution in [-0.4, -0.2) is 84.5 Å². The van der Waals surface area contributed by atoms with Crippen LogP contribution in [0.1, 0.15) is 85.8 Å². The Morgan fingerprint density at radius 3 is 2.63 bits per heavy atom. The maximum absolute atomic E-state index is 13.9. The average molecular weight is 835 g/mol. The Morgan fingerprint density at radius 1 is 1.05 bits per heavy atom. The van der Waals surface area contributed by atoms with Gasteiger partial charge in [0, 0.05) is 73.7 Å². The van der Waals surface area contributed by atoms with Gasteiger partial charge in [-0.15, -0.1) is 0 Å². The number of aromatic amines is 1. The second-order valence-corrected chi connectivity index (χ2v) is 18.8. The highest BCUT2D eigenvalue weighted by Gasteiger charge is 2.55. The van der Waals surface area contributed by atoms with Crippen LogP contribution in [0.5, 0.6) is 11.5 Å². The van der Waals surface area contributed by atoms with Crippen LogP contribution in [0.2, 0.25) is 0 Å². The van der Waals surface area contributed by atoms with Crippen molar-refractivity contribution in [1.29, 1.82) is 0 Å². The number of amides is 1.